The second-order valence-corrected chi connectivity index (χ2v) is 8.57. The van der Waals surface area contributed by atoms with Crippen LogP contribution in [-0.2, 0) is 11.3 Å². The largest absolute Gasteiger partial charge is 0.350 e. The number of carbonyl (C=O) groups excluding carboxylic acids is 1. The molecule has 0 atom stereocenters. The van der Waals surface area contributed by atoms with Gasteiger partial charge in [-0.1, -0.05) is 29.5 Å². The first-order valence-corrected chi connectivity index (χ1v) is 9.46. The van der Waals surface area contributed by atoms with Gasteiger partial charge in [-0.15, -0.1) is 5.10 Å². The fourth-order valence-corrected chi connectivity index (χ4v) is 3.62. The number of amides is 1. The summed E-state index contributed by atoms with van der Waals surface area (Å²) in [6, 6.07) is 6.17. The van der Waals surface area contributed by atoms with Crippen molar-refractivity contribution in [2.45, 2.75) is 56.6 Å². The van der Waals surface area contributed by atoms with Crippen molar-refractivity contribution in [3.8, 4) is 0 Å². The van der Waals surface area contributed by atoms with Crippen LogP contribution in [0.1, 0.15) is 31.9 Å². The summed E-state index contributed by atoms with van der Waals surface area (Å²) in [6.45, 7) is 9.62. The molecule has 2 aromatic heterocycles. The maximum Gasteiger partial charge on any atom is 0.350 e. The third-order valence-corrected chi connectivity index (χ3v) is 4.97. The zero-order valence-corrected chi connectivity index (χ0v) is 16.9. The lowest BCUT2D eigenvalue weighted by Crippen LogP contribution is -2.43. The van der Waals surface area contributed by atoms with Gasteiger partial charge in [0.25, 0.3) is 0 Å². The number of fused-ring (bicyclic) bond motifs is 1. The summed E-state index contributed by atoms with van der Waals surface area (Å²) >= 11 is 1.46. The Morgan fingerprint density at radius 3 is 2.67 bits per heavy atom. The maximum absolute atomic E-state index is 12.6. The van der Waals surface area contributed by atoms with Crippen LogP contribution in [0.2, 0.25) is 0 Å². The van der Waals surface area contributed by atoms with Crippen molar-refractivity contribution >= 4 is 23.3 Å². The highest BCUT2D eigenvalue weighted by atomic mass is 32.2. The molecular formula is C19H23N5O2S. The smallest absolute Gasteiger partial charge is 0.350 e. The first-order chi connectivity index (χ1) is 12.6. The van der Waals surface area contributed by atoms with E-state index >= 15 is 0 Å². The van der Waals surface area contributed by atoms with Crippen molar-refractivity contribution in [3.05, 3.63) is 52.2 Å². The van der Waals surface area contributed by atoms with Gasteiger partial charge in [-0.25, -0.2) is 18.9 Å². The highest BCUT2D eigenvalue weighted by Gasteiger charge is 2.18. The molecule has 0 aliphatic carbocycles. The molecule has 3 rings (SSSR count). The summed E-state index contributed by atoms with van der Waals surface area (Å²) in [5.74, 6) is -0.260. The summed E-state index contributed by atoms with van der Waals surface area (Å²) < 4.78 is 2.59. The van der Waals surface area contributed by atoms with E-state index in [2.05, 4.69) is 21.5 Å². The third kappa shape index (κ3) is 4.39. The van der Waals surface area contributed by atoms with Crippen molar-refractivity contribution in [3.63, 3.8) is 0 Å². The van der Waals surface area contributed by atoms with Gasteiger partial charge in [-0.2, -0.15) is 0 Å². The zero-order chi connectivity index (χ0) is 19.8. The van der Waals surface area contributed by atoms with Crippen molar-refractivity contribution < 1.29 is 4.79 Å². The van der Waals surface area contributed by atoms with Crippen molar-refractivity contribution in [2.75, 3.05) is 0 Å². The van der Waals surface area contributed by atoms with Crippen LogP contribution in [0.4, 0.5) is 0 Å². The maximum atomic E-state index is 12.6. The topological polar surface area (TPSA) is 81.3 Å². The molecule has 0 spiro atoms. The SMILES string of the molecule is Cc1ccc(Sc2nccn3c(=O)n(CC(=O)NC(C)(C)C)nc23)c(C)c1. The minimum Gasteiger partial charge on any atom is -0.350 e. The Morgan fingerprint density at radius 2 is 2.00 bits per heavy atom. The van der Waals surface area contributed by atoms with Crippen molar-refractivity contribution in [1.82, 2.24) is 24.5 Å². The predicted octanol–water partition coefficient (Wildman–Crippen LogP) is 2.57. The highest BCUT2D eigenvalue weighted by Crippen LogP contribution is 2.30. The number of nitrogens with zero attached hydrogens (tertiary/aromatic N) is 4. The molecule has 0 aliphatic heterocycles. The van der Waals surface area contributed by atoms with E-state index in [-0.39, 0.29) is 23.7 Å². The standard InChI is InChI=1S/C19H23N5O2S/c1-12-6-7-14(13(2)10-12)27-17-16-22-24(11-15(25)21-19(3,4)5)18(26)23(16)9-8-20-17/h6-10H,11H2,1-5H3,(H,21,25). The molecule has 7 nitrogen and oxygen atoms in total. The summed E-state index contributed by atoms with van der Waals surface area (Å²) in [5, 5.41) is 7.81. The Hall–Kier alpha value is -2.61. The molecule has 0 saturated carbocycles. The average molecular weight is 385 g/mol. The van der Waals surface area contributed by atoms with Gasteiger partial charge in [0.05, 0.1) is 0 Å². The van der Waals surface area contributed by atoms with Crippen LogP contribution >= 0.6 is 11.8 Å². The average Bonchev–Trinajstić information content (AvgIpc) is 2.86. The van der Waals surface area contributed by atoms with Gasteiger partial charge in [0.15, 0.2) is 5.65 Å². The van der Waals surface area contributed by atoms with E-state index in [1.807, 2.05) is 46.8 Å². The molecule has 0 saturated heterocycles. The Bertz CT molecular complexity index is 1060. The Morgan fingerprint density at radius 1 is 1.26 bits per heavy atom. The molecule has 2 heterocycles. The van der Waals surface area contributed by atoms with E-state index in [1.165, 1.54) is 26.4 Å². The lowest BCUT2D eigenvalue weighted by Gasteiger charge is -2.20. The lowest BCUT2D eigenvalue weighted by molar-refractivity contribution is -0.123. The molecule has 0 bridgehead atoms. The van der Waals surface area contributed by atoms with Crippen LogP contribution in [0.25, 0.3) is 5.65 Å². The van der Waals surface area contributed by atoms with Crippen LogP contribution in [0.3, 0.4) is 0 Å². The van der Waals surface area contributed by atoms with Crippen LogP contribution in [0, 0.1) is 13.8 Å². The zero-order valence-electron chi connectivity index (χ0n) is 16.1. The number of benzene rings is 1. The van der Waals surface area contributed by atoms with Crippen LogP contribution in [0.15, 0.2) is 45.3 Å². The van der Waals surface area contributed by atoms with E-state index in [9.17, 15) is 9.59 Å². The molecule has 3 aromatic rings. The Labute approximate surface area is 161 Å². The second kappa shape index (κ2) is 7.19. The molecule has 0 aliphatic rings. The van der Waals surface area contributed by atoms with Gasteiger partial charge < -0.3 is 5.32 Å². The number of hydrogen-bond donors (Lipinski definition) is 1. The van der Waals surface area contributed by atoms with E-state index in [0.717, 1.165) is 10.5 Å². The quantitative estimate of drug-likeness (QED) is 0.746. The van der Waals surface area contributed by atoms with Crippen molar-refractivity contribution in [1.29, 1.82) is 0 Å². The molecule has 0 radical (unpaired) electrons. The summed E-state index contributed by atoms with van der Waals surface area (Å²) in [7, 11) is 0. The summed E-state index contributed by atoms with van der Waals surface area (Å²) in [5.41, 5.74) is 2.03. The van der Waals surface area contributed by atoms with Gasteiger partial charge in [-0.3, -0.25) is 4.79 Å². The number of nitrogens with one attached hydrogen (secondary N) is 1. The normalized spacial score (nSPS) is 11.7. The van der Waals surface area contributed by atoms with Gasteiger partial charge in [0, 0.05) is 22.8 Å². The number of rotatable bonds is 4. The first-order valence-electron chi connectivity index (χ1n) is 8.64. The van der Waals surface area contributed by atoms with Crippen LogP contribution in [-0.4, -0.2) is 30.6 Å². The molecule has 1 N–H and O–H groups in total. The van der Waals surface area contributed by atoms with Gasteiger partial charge in [0.1, 0.15) is 11.6 Å². The molecule has 0 unspecified atom stereocenters. The predicted molar refractivity (Wildman–Crippen MR) is 105 cm³/mol. The number of aromatic nitrogens is 4. The van der Waals surface area contributed by atoms with Crippen LogP contribution in [0.5, 0.6) is 0 Å². The van der Waals surface area contributed by atoms with E-state index in [4.69, 9.17) is 0 Å². The molecule has 1 amide bonds. The van der Waals surface area contributed by atoms with Gasteiger partial charge >= 0.3 is 5.69 Å². The highest BCUT2D eigenvalue weighted by molar-refractivity contribution is 7.99. The van der Waals surface area contributed by atoms with E-state index in [1.54, 1.807) is 12.4 Å². The molecule has 1 aromatic carbocycles. The summed E-state index contributed by atoms with van der Waals surface area (Å²) in [4.78, 5) is 30.2. The number of aryl methyl sites for hydroxylation is 2. The Kier molecular flexibility index (Phi) is 5.10. The first kappa shape index (κ1) is 19.2. The van der Waals surface area contributed by atoms with E-state index < -0.39 is 0 Å². The minimum atomic E-state index is -0.370. The number of hydrogen-bond acceptors (Lipinski definition) is 5. The minimum absolute atomic E-state index is 0.133. The van der Waals surface area contributed by atoms with Gasteiger partial charge in [-0.05, 0) is 46.2 Å². The van der Waals surface area contributed by atoms with Crippen molar-refractivity contribution in [2.24, 2.45) is 0 Å². The molecule has 27 heavy (non-hydrogen) atoms. The molecule has 142 valence electrons. The van der Waals surface area contributed by atoms with Crippen LogP contribution < -0.4 is 11.0 Å². The monoisotopic (exact) mass is 385 g/mol. The Balaban J connectivity index is 1.94. The third-order valence-electron chi connectivity index (χ3n) is 3.81. The lowest BCUT2D eigenvalue weighted by atomic mass is 10.1. The van der Waals surface area contributed by atoms with E-state index in [0.29, 0.717) is 10.7 Å². The van der Waals surface area contributed by atoms with Gasteiger partial charge in [0.2, 0.25) is 5.91 Å². The fraction of sp³-hybridized carbons (Fsp3) is 0.368. The number of carbonyl (C=O) groups is 1. The fourth-order valence-electron chi connectivity index (χ4n) is 2.71. The second-order valence-electron chi connectivity index (χ2n) is 7.54. The molecule has 8 heteroatoms. The molecular weight excluding hydrogens is 362 g/mol. The summed E-state index contributed by atoms with van der Waals surface area (Å²) in [6.07, 6.45) is 3.14. The molecule has 0 fully saturated rings.